The van der Waals surface area contributed by atoms with Crippen LogP contribution in [0.4, 0.5) is 0 Å². The second-order valence-corrected chi connectivity index (χ2v) is 5.64. The number of hydrogen-bond acceptors (Lipinski definition) is 3. The minimum absolute atomic E-state index is 0.122. The van der Waals surface area contributed by atoms with Gasteiger partial charge in [-0.1, -0.05) is 30.7 Å². The number of nitrogens with one attached hydrogen (secondary N) is 2. The fourth-order valence-electron chi connectivity index (χ4n) is 2.69. The van der Waals surface area contributed by atoms with Gasteiger partial charge in [-0.2, -0.15) is 0 Å². The van der Waals surface area contributed by atoms with Gasteiger partial charge in [0.1, 0.15) is 0 Å². The van der Waals surface area contributed by atoms with Crippen molar-refractivity contribution in [1.82, 2.24) is 10.6 Å². The molecule has 106 valence electrons. The molecule has 0 radical (unpaired) electrons. The Morgan fingerprint density at radius 2 is 2.00 bits per heavy atom. The van der Waals surface area contributed by atoms with Crippen LogP contribution in [-0.2, 0) is 13.2 Å². The van der Waals surface area contributed by atoms with Crippen LogP contribution in [0.5, 0.6) is 0 Å². The predicted octanol–water partition coefficient (Wildman–Crippen LogP) is 2.19. The smallest absolute Gasteiger partial charge is 0.0681 e. The molecule has 1 aliphatic rings. The third-order valence-corrected chi connectivity index (χ3v) is 3.91. The van der Waals surface area contributed by atoms with Crippen molar-refractivity contribution in [2.24, 2.45) is 0 Å². The van der Waals surface area contributed by atoms with E-state index in [-0.39, 0.29) is 6.61 Å². The molecule has 2 unspecified atom stereocenters. The van der Waals surface area contributed by atoms with Crippen molar-refractivity contribution in [3.05, 3.63) is 35.4 Å². The zero-order valence-corrected chi connectivity index (χ0v) is 11.9. The van der Waals surface area contributed by atoms with E-state index in [4.69, 9.17) is 5.11 Å². The van der Waals surface area contributed by atoms with Gasteiger partial charge in [0.2, 0.25) is 0 Å². The standard InChI is InChI=1S/C16H26N2O/c1-13(10-16-4-2-3-9-17-16)18-11-14-5-7-15(12-19)8-6-14/h5-8,13,16-19H,2-4,9-12H2,1H3. The summed E-state index contributed by atoms with van der Waals surface area (Å²) in [5, 5.41) is 16.2. The summed E-state index contributed by atoms with van der Waals surface area (Å²) >= 11 is 0. The van der Waals surface area contributed by atoms with E-state index < -0.39 is 0 Å². The summed E-state index contributed by atoms with van der Waals surface area (Å²) in [5.41, 5.74) is 2.25. The third-order valence-electron chi connectivity index (χ3n) is 3.91. The number of aliphatic hydroxyl groups excluding tert-OH is 1. The van der Waals surface area contributed by atoms with Crippen LogP contribution in [0.1, 0.15) is 43.7 Å². The van der Waals surface area contributed by atoms with Crippen molar-refractivity contribution in [1.29, 1.82) is 0 Å². The lowest BCUT2D eigenvalue weighted by atomic mass is 9.98. The van der Waals surface area contributed by atoms with Gasteiger partial charge < -0.3 is 15.7 Å². The van der Waals surface area contributed by atoms with Crippen LogP contribution in [0.15, 0.2) is 24.3 Å². The Morgan fingerprint density at radius 1 is 1.26 bits per heavy atom. The second kappa shape index (κ2) is 7.63. The summed E-state index contributed by atoms with van der Waals surface area (Å²) in [6.45, 7) is 4.47. The van der Waals surface area contributed by atoms with Crippen molar-refractivity contribution < 1.29 is 5.11 Å². The lowest BCUT2D eigenvalue weighted by molar-refractivity contribution is 0.282. The van der Waals surface area contributed by atoms with E-state index in [1.54, 1.807) is 0 Å². The second-order valence-electron chi connectivity index (χ2n) is 5.64. The van der Waals surface area contributed by atoms with Crippen molar-refractivity contribution >= 4 is 0 Å². The molecule has 2 atom stereocenters. The Kier molecular flexibility index (Phi) is 5.83. The van der Waals surface area contributed by atoms with Crippen molar-refractivity contribution in [2.75, 3.05) is 6.54 Å². The maximum atomic E-state index is 9.01. The molecule has 1 aromatic rings. The minimum atomic E-state index is 0.122. The lowest BCUT2D eigenvalue weighted by Crippen LogP contribution is -2.39. The zero-order valence-electron chi connectivity index (χ0n) is 11.9. The van der Waals surface area contributed by atoms with E-state index in [2.05, 4.69) is 29.7 Å². The molecule has 1 heterocycles. The number of hydrogen-bond donors (Lipinski definition) is 3. The molecule has 3 heteroatoms. The molecular formula is C16H26N2O. The third kappa shape index (κ3) is 4.94. The van der Waals surface area contributed by atoms with Gasteiger partial charge in [0.15, 0.2) is 0 Å². The summed E-state index contributed by atoms with van der Waals surface area (Å²) in [7, 11) is 0. The van der Waals surface area contributed by atoms with Gasteiger partial charge in [-0.15, -0.1) is 0 Å². The van der Waals surface area contributed by atoms with Crippen molar-refractivity contribution in [3.8, 4) is 0 Å². The maximum absolute atomic E-state index is 9.01. The Balaban J connectivity index is 1.71. The maximum Gasteiger partial charge on any atom is 0.0681 e. The van der Waals surface area contributed by atoms with E-state index in [1.165, 1.54) is 37.8 Å². The highest BCUT2D eigenvalue weighted by molar-refractivity contribution is 5.21. The van der Waals surface area contributed by atoms with Gasteiger partial charge in [-0.05, 0) is 43.9 Å². The van der Waals surface area contributed by atoms with Crippen LogP contribution in [0.25, 0.3) is 0 Å². The van der Waals surface area contributed by atoms with E-state index in [9.17, 15) is 0 Å². The first-order valence-corrected chi connectivity index (χ1v) is 7.43. The lowest BCUT2D eigenvalue weighted by Gasteiger charge is -2.26. The fraction of sp³-hybridized carbons (Fsp3) is 0.625. The zero-order chi connectivity index (χ0) is 13.5. The Labute approximate surface area is 116 Å². The molecule has 19 heavy (non-hydrogen) atoms. The molecule has 0 spiro atoms. The molecule has 1 saturated heterocycles. The monoisotopic (exact) mass is 262 g/mol. The first kappa shape index (κ1) is 14.5. The highest BCUT2D eigenvalue weighted by Gasteiger charge is 2.15. The molecule has 0 aliphatic carbocycles. The molecule has 1 fully saturated rings. The largest absolute Gasteiger partial charge is 0.392 e. The van der Waals surface area contributed by atoms with Gasteiger partial charge in [0.05, 0.1) is 6.61 Å². The summed E-state index contributed by atoms with van der Waals surface area (Å²) in [6, 6.07) is 9.38. The predicted molar refractivity (Wildman–Crippen MR) is 78.9 cm³/mol. The van der Waals surface area contributed by atoms with Crippen LogP contribution in [0.3, 0.4) is 0 Å². The molecule has 0 saturated carbocycles. The van der Waals surface area contributed by atoms with E-state index in [1.807, 2.05) is 12.1 Å². The highest BCUT2D eigenvalue weighted by atomic mass is 16.3. The number of benzene rings is 1. The van der Waals surface area contributed by atoms with Crippen LogP contribution >= 0.6 is 0 Å². The number of aliphatic hydroxyl groups is 1. The average molecular weight is 262 g/mol. The van der Waals surface area contributed by atoms with Gasteiger partial charge in [0.25, 0.3) is 0 Å². The Hall–Kier alpha value is -0.900. The molecule has 1 aromatic carbocycles. The summed E-state index contributed by atoms with van der Waals surface area (Å²) in [4.78, 5) is 0. The van der Waals surface area contributed by atoms with Crippen LogP contribution in [0, 0.1) is 0 Å². The van der Waals surface area contributed by atoms with Gasteiger partial charge in [-0.3, -0.25) is 0 Å². The SMILES string of the molecule is CC(CC1CCCCN1)NCc1ccc(CO)cc1. The molecule has 0 aromatic heterocycles. The summed E-state index contributed by atoms with van der Waals surface area (Å²) in [6.07, 6.45) is 5.22. The first-order valence-electron chi connectivity index (χ1n) is 7.43. The molecule has 0 bridgehead atoms. The molecular weight excluding hydrogens is 236 g/mol. The van der Waals surface area contributed by atoms with Gasteiger partial charge >= 0.3 is 0 Å². The molecule has 3 N–H and O–H groups in total. The van der Waals surface area contributed by atoms with Crippen LogP contribution in [0.2, 0.25) is 0 Å². The Morgan fingerprint density at radius 3 is 2.63 bits per heavy atom. The van der Waals surface area contributed by atoms with E-state index in [0.717, 1.165) is 12.1 Å². The molecule has 1 aliphatic heterocycles. The average Bonchev–Trinajstić information content (AvgIpc) is 2.47. The van der Waals surface area contributed by atoms with E-state index in [0.29, 0.717) is 12.1 Å². The van der Waals surface area contributed by atoms with Gasteiger partial charge in [0, 0.05) is 18.6 Å². The van der Waals surface area contributed by atoms with Crippen LogP contribution in [-0.4, -0.2) is 23.7 Å². The summed E-state index contributed by atoms with van der Waals surface area (Å²) in [5.74, 6) is 0. The Bertz CT molecular complexity index is 358. The van der Waals surface area contributed by atoms with Gasteiger partial charge in [-0.25, -0.2) is 0 Å². The van der Waals surface area contributed by atoms with Crippen molar-refractivity contribution in [2.45, 2.75) is 57.8 Å². The minimum Gasteiger partial charge on any atom is -0.392 e. The number of rotatable bonds is 6. The molecule has 3 nitrogen and oxygen atoms in total. The molecule has 2 rings (SSSR count). The molecule has 0 amide bonds. The topological polar surface area (TPSA) is 44.3 Å². The summed E-state index contributed by atoms with van der Waals surface area (Å²) < 4.78 is 0. The quantitative estimate of drug-likeness (QED) is 0.736. The highest BCUT2D eigenvalue weighted by Crippen LogP contribution is 2.12. The normalized spacial score (nSPS) is 21.3. The first-order chi connectivity index (χ1) is 9.28. The van der Waals surface area contributed by atoms with Crippen molar-refractivity contribution in [3.63, 3.8) is 0 Å². The van der Waals surface area contributed by atoms with E-state index >= 15 is 0 Å². The number of piperidine rings is 1. The fourth-order valence-corrected chi connectivity index (χ4v) is 2.69. The van der Waals surface area contributed by atoms with Crippen LogP contribution < -0.4 is 10.6 Å².